The van der Waals surface area contributed by atoms with Gasteiger partial charge in [0.25, 0.3) is 0 Å². The van der Waals surface area contributed by atoms with Gasteiger partial charge >= 0.3 is 5.97 Å². The summed E-state index contributed by atoms with van der Waals surface area (Å²) in [5.74, 6) is -0.182. The Morgan fingerprint density at radius 1 is 1.77 bits per heavy atom. The molecular weight excluding hydrogens is 236 g/mol. The lowest BCUT2D eigenvalue weighted by molar-refractivity contribution is -0.146. The third-order valence-corrected chi connectivity index (χ3v) is 3.07. The van der Waals surface area contributed by atoms with Gasteiger partial charge in [-0.05, 0) is 19.3 Å². The second kappa shape index (κ2) is 5.60. The van der Waals surface area contributed by atoms with Gasteiger partial charge in [-0.3, -0.25) is 4.79 Å². The van der Waals surface area contributed by atoms with Crippen molar-refractivity contribution in [1.29, 1.82) is 0 Å². The maximum absolute atomic E-state index is 11.2. The molecular formula is C9H15BrO3. The van der Waals surface area contributed by atoms with Gasteiger partial charge in [0.2, 0.25) is 0 Å². The maximum Gasteiger partial charge on any atom is 0.319 e. The molecule has 0 spiro atoms. The summed E-state index contributed by atoms with van der Waals surface area (Å²) in [5.41, 5.74) is 0. The van der Waals surface area contributed by atoms with E-state index in [-0.39, 0.29) is 16.9 Å². The molecule has 76 valence electrons. The van der Waals surface area contributed by atoms with E-state index in [9.17, 15) is 4.79 Å². The molecule has 0 aliphatic carbocycles. The molecule has 0 amide bonds. The fourth-order valence-corrected chi connectivity index (χ4v) is 1.34. The molecule has 3 nitrogen and oxygen atoms in total. The lowest BCUT2D eigenvalue weighted by atomic mass is 10.2. The SMILES string of the molecule is CCC(Br)C(=O)OCC1CCCO1. The van der Waals surface area contributed by atoms with Crippen LogP contribution in [0.15, 0.2) is 0 Å². The predicted octanol–water partition coefficient (Wildman–Crippen LogP) is 1.88. The number of halogens is 1. The number of alkyl halides is 1. The molecule has 2 unspecified atom stereocenters. The van der Waals surface area contributed by atoms with Crippen molar-refractivity contribution >= 4 is 21.9 Å². The van der Waals surface area contributed by atoms with Gasteiger partial charge in [0.1, 0.15) is 11.4 Å². The van der Waals surface area contributed by atoms with Crippen LogP contribution in [0.3, 0.4) is 0 Å². The van der Waals surface area contributed by atoms with Gasteiger partial charge in [-0.1, -0.05) is 22.9 Å². The summed E-state index contributed by atoms with van der Waals surface area (Å²) in [7, 11) is 0. The Labute approximate surface area is 86.9 Å². The van der Waals surface area contributed by atoms with Crippen LogP contribution in [0, 0.1) is 0 Å². The largest absolute Gasteiger partial charge is 0.462 e. The van der Waals surface area contributed by atoms with Crippen LogP contribution < -0.4 is 0 Å². The molecule has 1 heterocycles. The van der Waals surface area contributed by atoms with Crippen LogP contribution >= 0.6 is 15.9 Å². The fraction of sp³-hybridized carbons (Fsp3) is 0.889. The van der Waals surface area contributed by atoms with Crippen molar-refractivity contribution in [2.45, 2.75) is 37.1 Å². The summed E-state index contributed by atoms with van der Waals surface area (Å²) in [5, 5.41) is 0. The highest BCUT2D eigenvalue weighted by Crippen LogP contribution is 2.13. The third-order valence-electron chi connectivity index (χ3n) is 2.05. The topological polar surface area (TPSA) is 35.5 Å². The Balaban J connectivity index is 2.13. The highest BCUT2D eigenvalue weighted by Gasteiger charge is 2.19. The summed E-state index contributed by atoms with van der Waals surface area (Å²) < 4.78 is 10.4. The van der Waals surface area contributed by atoms with E-state index >= 15 is 0 Å². The summed E-state index contributed by atoms with van der Waals surface area (Å²) in [6.07, 6.45) is 2.96. The number of rotatable bonds is 4. The van der Waals surface area contributed by atoms with Crippen molar-refractivity contribution in [1.82, 2.24) is 0 Å². The molecule has 0 saturated carbocycles. The highest BCUT2D eigenvalue weighted by molar-refractivity contribution is 9.10. The number of carbonyl (C=O) groups is 1. The average molecular weight is 251 g/mol. The van der Waals surface area contributed by atoms with Gasteiger partial charge in [0.15, 0.2) is 0 Å². The smallest absolute Gasteiger partial charge is 0.319 e. The number of ether oxygens (including phenoxy) is 2. The van der Waals surface area contributed by atoms with Crippen LogP contribution in [-0.4, -0.2) is 30.1 Å². The fourth-order valence-electron chi connectivity index (χ4n) is 1.21. The lowest BCUT2D eigenvalue weighted by Crippen LogP contribution is -2.22. The Morgan fingerprint density at radius 2 is 2.54 bits per heavy atom. The predicted molar refractivity (Wildman–Crippen MR) is 52.9 cm³/mol. The third kappa shape index (κ3) is 3.65. The molecule has 1 saturated heterocycles. The van der Waals surface area contributed by atoms with Crippen LogP contribution in [0.2, 0.25) is 0 Å². The highest BCUT2D eigenvalue weighted by atomic mass is 79.9. The molecule has 0 aromatic carbocycles. The maximum atomic E-state index is 11.2. The lowest BCUT2D eigenvalue weighted by Gasteiger charge is -2.11. The molecule has 1 rings (SSSR count). The van der Waals surface area contributed by atoms with Crippen molar-refractivity contribution < 1.29 is 14.3 Å². The van der Waals surface area contributed by atoms with Crippen molar-refractivity contribution in [2.75, 3.05) is 13.2 Å². The van der Waals surface area contributed by atoms with Crippen LogP contribution in [0.5, 0.6) is 0 Å². The standard InChI is InChI=1S/C9H15BrO3/c1-2-8(10)9(11)13-6-7-4-3-5-12-7/h7-8H,2-6H2,1H3. The van der Waals surface area contributed by atoms with E-state index in [0.717, 1.165) is 25.9 Å². The first kappa shape index (κ1) is 11.0. The van der Waals surface area contributed by atoms with E-state index < -0.39 is 0 Å². The minimum Gasteiger partial charge on any atom is -0.462 e. The van der Waals surface area contributed by atoms with Gasteiger partial charge in [0.05, 0.1) is 6.10 Å². The van der Waals surface area contributed by atoms with Gasteiger partial charge < -0.3 is 9.47 Å². The number of carbonyl (C=O) groups excluding carboxylic acids is 1. The average Bonchev–Trinajstić information content (AvgIpc) is 2.65. The molecule has 1 aliphatic heterocycles. The molecule has 0 aromatic rings. The molecule has 4 heteroatoms. The molecule has 0 aromatic heterocycles. The summed E-state index contributed by atoms with van der Waals surface area (Å²) in [6.45, 7) is 3.14. The van der Waals surface area contributed by atoms with Gasteiger partial charge in [0, 0.05) is 6.61 Å². The zero-order valence-electron chi connectivity index (χ0n) is 7.79. The van der Waals surface area contributed by atoms with Gasteiger partial charge in [-0.2, -0.15) is 0 Å². The van der Waals surface area contributed by atoms with E-state index in [1.54, 1.807) is 0 Å². The Hall–Kier alpha value is -0.0900. The Morgan fingerprint density at radius 3 is 3.08 bits per heavy atom. The first-order valence-corrected chi connectivity index (χ1v) is 5.58. The minimum atomic E-state index is -0.182. The molecule has 1 aliphatic rings. The molecule has 0 bridgehead atoms. The Bertz CT molecular complexity index is 166. The number of hydrogen-bond donors (Lipinski definition) is 0. The number of hydrogen-bond acceptors (Lipinski definition) is 3. The summed E-state index contributed by atoms with van der Waals surface area (Å²) in [6, 6.07) is 0. The second-order valence-corrected chi connectivity index (χ2v) is 4.25. The van der Waals surface area contributed by atoms with Crippen molar-refractivity contribution in [2.24, 2.45) is 0 Å². The van der Waals surface area contributed by atoms with E-state index in [0.29, 0.717) is 6.61 Å². The first-order chi connectivity index (χ1) is 6.24. The van der Waals surface area contributed by atoms with Crippen LogP contribution in [0.1, 0.15) is 26.2 Å². The second-order valence-electron chi connectivity index (χ2n) is 3.14. The quantitative estimate of drug-likeness (QED) is 0.565. The van der Waals surface area contributed by atoms with E-state index in [4.69, 9.17) is 9.47 Å². The van der Waals surface area contributed by atoms with Gasteiger partial charge in [-0.15, -0.1) is 0 Å². The monoisotopic (exact) mass is 250 g/mol. The first-order valence-electron chi connectivity index (χ1n) is 4.66. The molecule has 0 N–H and O–H groups in total. The van der Waals surface area contributed by atoms with Crippen LogP contribution in [-0.2, 0) is 14.3 Å². The van der Waals surface area contributed by atoms with E-state index in [1.165, 1.54) is 0 Å². The Kier molecular flexibility index (Phi) is 4.73. The molecule has 0 radical (unpaired) electrons. The summed E-state index contributed by atoms with van der Waals surface area (Å²) >= 11 is 3.24. The van der Waals surface area contributed by atoms with E-state index in [2.05, 4.69) is 15.9 Å². The van der Waals surface area contributed by atoms with Crippen LogP contribution in [0.25, 0.3) is 0 Å². The van der Waals surface area contributed by atoms with Crippen molar-refractivity contribution in [3.05, 3.63) is 0 Å². The molecule has 1 fully saturated rings. The summed E-state index contributed by atoms with van der Waals surface area (Å²) in [4.78, 5) is 11.0. The van der Waals surface area contributed by atoms with Gasteiger partial charge in [-0.25, -0.2) is 0 Å². The van der Waals surface area contributed by atoms with Crippen LogP contribution in [0.4, 0.5) is 0 Å². The molecule has 13 heavy (non-hydrogen) atoms. The zero-order valence-corrected chi connectivity index (χ0v) is 9.38. The molecule has 2 atom stereocenters. The normalized spacial score (nSPS) is 24.3. The number of esters is 1. The zero-order chi connectivity index (χ0) is 9.68. The van der Waals surface area contributed by atoms with Crippen molar-refractivity contribution in [3.8, 4) is 0 Å². The van der Waals surface area contributed by atoms with E-state index in [1.807, 2.05) is 6.92 Å². The van der Waals surface area contributed by atoms with Crippen molar-refractivity contribution in [3.63, 3.8) is 0 Å². The minimum absolute atomic E-state index is 0.125.